The van der Waals surface area contributed by atoms with E-state index in [1.165, 1.54) is 37.9 Å². The van der Waals surface area contributed by atoms with Crippen LogP contribution in [0.5, 0.6) is 0 Å². The van der Waals surface area contributed by atoms with Gasteiger partial charge in [0.15, 0.2) is 0 Å². The van der Waals surface area contributed by atoms with Gasteiger partial charge in [-0.2, -0.15) is 0 Å². The number of piperidine rings is 2. The van der Waals surface area contributed by atoms with Crippen LogP contribution in [0.25, 0.3) is 0 Å². The molecule has 2 aliphatic heterocycles. The van der Waals surface area contributed by atoms with Crippen molar-refractivity contribution in [3.05, 3.63) is 60.2 Å². The number of carbonyl (C=O) groups is 1. The fourth-order valence-corrected chi connectivity index (χ4v) is 5.21. The molecule has 3 aliphatic rings. The van der Waals surface area contributed by atoms with Crippen molar-refractivity contribution in [2.75, 3.05) is 26.2 Å². The molecule has 2 saturated heterocycles. The van der Waals surface area contributed by atoms with Gasteiger partial charge in [-0.3, -0.25) is 14.7 Å². The van der Waals surface area contributed by atoms with Crippen LogP contribution in [0.2, 0.25) is 0 Å². The molecule has 5 heteroatoms. The van der Waals surface area contributed by atoms with E-state index in [-0.39, 0.29) is 5.91 Å². The van der Waals surface area contributed by atoms with E-state index in [0.717, 1.165) is 32.0 Å². The van der Waals surface area contributed by atoms with Gasteiger partial charge >= 0.3 is 0 Å². The summed E-state index contributed by atoms with van der Waals surface area (Å²) in [6.07, 6.45) is 10.9. The lowest BCUT2D eigenvalue weighted by Crippen LogP contribution is -2.53. The molecule has 5 rings (SSSR count). The maximum atomic E-state index is 12.8. The largest absolute Gasteiger partial charge is 0.337 e. The number of hydrogen-bond donors (Lipinski definition) is 0. The van der Waals surface area contributed by atoms with Crippen LogP contribution in [-0.2, 0) is 0 Å². The smallest absolute Gasteiger partial charge is 0.274 e. The third-order valence-electron chi connectivity index (χ3n) is 6.90. The molecule has 0 N–H and O–H groups in total. The Morgan fingerprint density at radius 3 is 2.54 bits per heavy atom. The summed E-state index contributed by atoms with van der Waals surface area (Å²) in [6.45, 7) is 4.05. The Hall–Kier alpha value is -2.27. The van der Waals surface area contributed by atoms with Crippen molar-refractivity contribution in [2.45, 2.75) is 44.1 Å². The number of rotatable bonds is 3. The van der Waals surface area contributed by atoms with Crippen LogP contribution in [0, 0.1) is 5.41 Å². The lowest BCUT2D eigenvalue weighted by Gasteiger charge is -2.50. The molecule has 1 atom stereocenters. The normalized spacial score (nSPS) is 25.0. The zero-order valence-corrected chi connectivity index (χ0v) is 16.3. The Bertz CT molecular complexity index is 813. The molecular weight excluding hydrogens is 348 g/mol. The summed E-state index contributed by atoms with van der Waals surface area (Å²) in [4.78, 5) is 25.7. The average Bonchev–Trinajstić information content (AvgIpc) is 3.60. The van der Waals surface area contributed by atoms with E-state index in [1.807, 2.05) is 4.90 Å². The van der Waals surface area contributed by atoms with E-state index >= 15 is 0 Å². The van der Waals surface area contributed by atoms with Crippen LogP contribution in [0.4, 0.5) is 0 Å². The second-order valence-corrected chi connectivity index (χ2v) is 8.86. The van der Waals surface area contributed by atoms with Crippen molar-refractivity contribution in [1.29, 1.82) is 0 Å². The minimum Gasteiger partial charge on any atom is -0.337 e. The molecule has 1 aliphatic carbocycles. The van der Waals surface area contributed by atoms with Crippen molar-refractivity contribution < 1.29 is 4.79 Å². The van der Waals surface area contributed by atoms with E-state index in [1.54, 1.807) is 18.6 Å². The number of aromatic nitrogens is 2. The molecule has 28 heavy (non-hydrogen) atoms. The van der Waals surface area contributed by atoms with Crippen LogP contribution < -0.4 is 0 Å². The van der Waals surface area contributed by atoms with Crippen molar-refractivity contribution in [3.8, 4) is 0 Å². The highest BCUT2D eigenvalue weighted by molar-refractivity contribution is 5.92. The molecule has 1 aromatic carbocycles. The number of carbonyl (C=O) groups excluding carboxylic acids is 1. The first-order valence-corrected chi connectivity index (χ1v) is 10.6. The van der Waals surface area contributed by atoms with Crippen LogP contribution in [-0.4, -0.2) is 57.9 Å². The fraction of sp³-hybridized carbons (Fsp3) is 0.522. The summed E-state index contributed by atoms with van der Waals surface area (Å²) in [5.74, 6) is 0.634. The predicted octanol–water partition coefficient (Wildman–Crippen LogP) is 3.35. The lowest BCUT2D eigenvalue weighted by atomic mass is 9.68. The molecule has 3 fully saturated rings. The Balaban J connectivity index is 1.31. The Kier molecular flexibility index (Phi) is 4.63. The van der Waals surface area contributed by atoms with Gasteiger partial charge in [-0.1, -0.05) is 30.3 Å². The molecule has 146 valence electrons. The second-order valence-electron chi connectivity index (χ2n) is 8.86. The van der Waals surface area contributed by atoms with Crippen molar-refractivity contribution >= 4 is 5.91 Å². The summed E-state index contributed by atoms with van der Waals surface area (Å²) in [7, 11) is 0. The number of hydrogen-bond acceptors (Lipinski definition) is 4. The maximum Gasteiger partial charge on any atom is 0.274 e. The SMILES string of the molecule is O=C(c1cnccn1)N1CCC2(CC1)C[C@@H](c1ccccc1)CN(C1CC1)C2. The lowest BCUT2D eigenvalue weighted by molar-refractivity contribution is 0.0109. The van der Waals surface area contributed by atoms with Gasteiger partial charge in [0.2, 0.25) is 0 Å². The van der Waals surface area contributed by atoms with Gasteiger partial charge in [0, 0.05) is 44.6 Å². The van der Waals surface area contributed by atoms with E-state index in [4.69, 9.17) is 0 Å². The third-order valence-corrected chi connectivity index (χ3v) is 6.90. The van der Waals surface area contributed by atoms with E-state index in [2.05, 4.69) is 45.2 Å². The number of likely N-dealkylation sites (tertiary alicyclic amines) is 2. The van der Waals surface area contributed by atoms with E-state index < -0.39 is 0 Å². The maximum absolute atomic E-state index is 12.8. The standard InChI is InChI=1S/C23H28N4O/c28-22(21-15-24-10-11-25-21)26-12-8-23(9-13-26)14-19(18-4-2-1-3-5-18)16-27(17-23)20-6-7-20/h1-5,10-11,15,19-20H,6-9,12-14,16-17H2/t19-/m1/s1. The molecule has 0 unspecified atom stereocenters. The summed E-state index contributed by atoms with van der Waals surface area (Å²) in [5.41, 5.74) is 2.27. The predicted molar refractivity (Wildman–Crippen MR) is 108 cm³/mol. The first-order chi connectivity index (χ1) is 13.7. The number of benzene rings is 1. The quantitative estimate of drug-likeness (QED) is 0.824. The van der Waals surface area contributed by atoms with Crippen LogP contribution in [0.3, 0.4) is 0 Å². The zero-order valence-electron chi connectivity index (χ0n) is 16.3. The highest BCUT2D eigenvalue weighted by atomic mass is 16.2. The summed E-state index contributed by atoms with van der Waals surface area (Å²) >= 11 is 0. The molecule has 1 amide bonds. The van der Waals surface area contributed by atoms with Gasteiger partial charge in [-0.15, -0.1) is 0 Å². The highest BCUT2D eigenvalue weighted by Crippen LogP contribution is 2.47. The van der Waals surface area contributed by atoms with Gasteiger partial charge < -0.3 is 4.90 Å². The minimum atomic E-state index is 0.0254. The summed E-state index contributed by atoms with van der Waals surface area (Å²) in [6, 6.07) is 11.8. The molecule has 5 nitrogen and oxygen atoms in total. The van der Waals surface area contributed by atoms with Gasteiger partial charge in [0.1, 0.15) is 5.69 Å². The van der Waals surface area contributed by atoms with Gasteiger partial charge in [-0.25, -0.2) is 4.98 Å². The molecule has 2 aromatic rings. The average molecular weight is 377 g/mol. The van der Waals surface area contributed by atoms with Crippen molar-refractivity contribution in [3.63, 3.8) is 0 Å². The molecule has 0 bridgehead atoms. The highest BCUT2D eigenvalue weighted by Gasteiger charge is 2.46. The first-order valence-electron chi connectivity index (χ1n) is 10.6. The minimum absolute atomic E-state index is 0.0254. The molecule has 1 saturated carbocycles. The number of nitrogens with zero attached hydrogens (tertiary/aromatic N) is 4. The van der Waals surface area contributed by atoms with E-state index in [9.17, 15) is 4.79 Å². The van der Waals surface area contributed by atoms with Crippen molar-refractivity contribution in [2.24, 2.45) is 5.41 Å². The summed E-state index contributed by atoms with van der Waals surface area (Å²) in [5, 5.41) is 0. The monoisotopic (exact) mass is 376 g/mol. The van der Waals surface area contributed by atoms with E-state index in [0.29, 0.717) is 17.0 Å². The molecule has 3 heterocycles. The molecule has 0 radical (unpaired) electrons. The number of amides is 1. The van der Waals surface area contributed by atoms with Crippen LogP contribution in [0.15, 0.2) is 48.9 Å². The topological polar surface area (TPSA) is 49.3 Å². The Morgan fingerprint density at radius 2 is 1.86 bits per heavy atom. The zero-order chi connectivity index (χ0) is 19.0. The van der Waals surface area contributed by atoms with Crippen molar-refractivity contribution in [1.82, 2.24) is 19.8 Å². The summed E-state index contributed by atoms with van der Waals surface area (Å²) < 4.78 is 0. The molecule has 1 spiro atoms. The Morgan fingerprint density at radius 1 is 1.07 bits per heavy atom. The second kappa shape index (κ2) is 7.28. The molecule has 1 aromatic heterocycles. The third kappa shape index (κ3) is 3.55. The van der Waals surface area contributed by atoms with Crippen LogP contribution in [0.1, 0.15) is 54.1 Å². The Labute approximate surface area is 166 Å². The molecular formula is C23H28N4O. The van der Waals surface area contributed by atoms with Gasteiger partial charge in [0.25, 0.3) is 5.91 Å². The first kappa shape index (κ1) is 17.8. The van der Waals surface area contributed by atoms with Gasteiger partial charge in [0.05, 0.1) is 6.20 Å². The van der Waals surface area contributed by atoms with Gasteiger partial charge in [-0.05, 0) is 49.0 Å². The fourth-order valence-electron chi connectivity index (χ4n) is 5.21. The van der Waals surface area contributed by atoms with Crippen LogP contribution >= 0.6 is 0 Å².